The fourth-order valence-corrected chi connectivity index (χ4v) is 5.41. The Kier molecular flexibility index (Phi) is 5.61. The Morgan fingerprint density at radius 1 is 1.05 bits per heavy atom. The van der Waals surface area contributed by atoms with E-state index >= 15 is 4.39 Å². The van der Waals surface area contributed by atoms with Crippen molar-refractivity contribution in [2.45, 2.75) is 57.1 Å². The number of anilines is 1. The van der Waals surface area contributed by atoms with Crippen LogP contribution >= 0.6 is 0 Å². The van der Waals surface area contributed by atoms with Crippen LogP contribution in [0.15, 0.2) is 54.6 Å². The van der Waals surface area contributed by atoms with Gasteiger partial charge in [0.25, 0.3) is 5.91 Å². The number of benzene rings is 2. The van der Waals surface area contributed by atoms with Crippen molar-refractivity contribution < 1.29 is 18.7 Å². The fraction of sp³-hybridized carbons (Fsp3) is 0.333. The van der Waals surface area contributed by atoms with E-state index in [1.807, 2.05) is 23.1 Å². The minimum absolute atomic E-state index is 0.0285. The highest BCUT2D eigenvalue weighted by atomic mass is 19.1. The van der Waals surface area contributed by atoms with Crippen molar-refractivity contribution in [1.29, 1.82) is 0 Å². The number of hydrogen-bond donors (Lipinski definition) is 1. The van der Waals surface area contributed by atoms with Crippen LogP contribution in [0.1, 0.15) is 71.9 Å². The van der Waals surface area contributed by atoms with Gasteiger partial charge in [0, 0.05) is 29.8 Å². The number of nitrogens with one attached hydrogen (secondary N) is 1. The van der Waals surface area contributed by atoms with E-state index in [9.17, 15) is 9.59 Å². The highest BCUT2D eigenvalue weighted by Gasteiger charge is 2.33. The van der Waals surface area contributed by atoms with Crippen molar-refractivity contribution in [3.05, 3.63) is 82.9 Å². The summed E-state index contributed by atoms with van der Waals surface area (Å²) in [5.74, 6) is -0.432. The molecule has 1 aliphatic heterocycles. The molecule has 7 rings (SSSR count). The summed E-state index contributed by atoms with van der Waals surface area (Å²) in [5.41, 5.74) is 4.86. The van der Waals surface area contributed by atoms with Crippen LogP contribution in [0.5, 0.6) is 0 Å². The van der Waals surface area contributed by atoms with Crippen LogP contribution in [0, 0.1) is 5.82 Å². The van der Waals surface area contributed by atoms with Gasteiger partial charge in [0.05, 0.1) is 17.4 Å². The first-order valence-corrected chi connectivity index (χ1v) is 13.5. The van der Waals surface area contributed by atoms with Crippen molar-refractivity contribution in [1.82, 2.24) is 19.5 Å². The van der Waals surface area contributed by atoms with E-state index in [1.54, 1.807) is 22.7 Å². The van der Waals surface area contributed by atoms with Gasteiger partial charge in [-0.3, -0.25) is 10.1 Å². The molecule has 1 atom stereocenters. The highest BCUT2D eigenvalue weighted by Crippen LogP contribution is 2.41. The summed E-state index contributed by atoms with van der Waals surface area (Å²) in [4.78, 5) is 32.4. The first-order valence-electron chi connectivity index (χ1n) is 13.5. The van der Waals surface area contributed by atoms with Crippen molar-refractivity contribution in [2.75, 3.05) is 11.9 Å². The maximum atomic E-state index is 15.5. The lowest BCUT2D eigenvalue weighted by Crippen LogP contribution is -2.39. The summed E-state index contributed by atoms with van der Waals surface area (Å²) in [5, 5.41) is 7.19. The number of rotatable bonds is 5. The summed E-state index contributed by atoms with van der Waals surface area (Å²) in [6.07, 6.45) is 3.74. The molecule has 0 radical (unpaired) electrons. The molecule has 3 aliphatic rings. The maximum absolute atomic E-state index is 15.5. The van der Waals surface area contributed by atoms with Gasteiger partial charge in [0.1, 0.15) is 11.8 Å². The van der Waals surface area contributed by atoms with Crippen molar-refractivity contribution >= 4 is 23.3 Å². The average Bonchev–Trinajstić information content (AvgIpc) is 3.88. The summed E-state index contributed by atoms with van der Waals surface area (Å²) in [6, 6.07) is 16.5. The number of aromatic nitrogens is 3. The summed E-state index contributed by atoms with van der Waals surface area (Å²) in [7, 11) is 0. The first kappa shape index (κ1) is 23.8. The zero-order valence-corrected chi connectivity index (χ0v) is 21.6. The minimum Gasteiger partial charge on any atom is -0.446 e. The topological polar surface area (TPSA) is 88.8 Å². The molecule has 0 saturated heterocycles. The van der Waals surface area contributed by atoms with E-state index in [0.717, 1.165) is 43.4 Å². The normalized spacial score (nSPS) is 18.6. The molecule has 1 N–H and O–H groups in total. The van der Waals surface area contributed by atoms with Crippen LogP contribution in [-0.4, -0.2) is 44.1 Å². The number of amides is 2. The smallest absolute Gasteiger partial charge is 0.411 e. The Labute approximate surface area is 224 Å². The standard InChI is InChI=1S/C30H28FN5O3/c1-17-21-6-3-2-5-18(21)13-14-35(17)29(37)25-15-26(19-9-10-19)36-27(32-25)16-24(34-36)22-7-4-8-23(28(22)31)33-30(38)39-20-11-12-20/h2-8,15-17,19-20H,9-14H2,1H3,(H,33,38)/t17-/m1/s1. The van der Waals surface area contributed by atoms with Gasteiger partial charge in [0.15, 0.2) is 11.5 Å². The van der Waals surface area contributed by atoms with Crippen LogP contribution in [0.2, 0.25) is 0 Å². The van der Waals surface area contributed by atoms with Crippen molar-refractivity contribution in [3.63, 3.8) is 0 Å². The Hall–Kier alpha value is -4.27. The number of fused-ring (bicyclic) bond motifs is 2. The third kappa shape index (κ3) is 4.41. The molecule has 8 nitrogen and oxygen atoms in total. The molecule has 2 amide bonds. The summed E-state index contributed by atoms with van der Waals surface area (Å²) in [6.45, 7) is 2.68. The van der Waals surface area contributed by atoms with Crippen molar-refractivity contribution in [2.24, 2.45) is 0 Å². The predicted molar refractivity (Wildman–Crippen MR) is 143 cm³/mol. The highest BCUT2D eigenvalue weighted by molar-refractivity contribution is 5.93. The van der Waals surface area contributed by atoms with Gasteiger partial charge in [-0.25, -0.2) is 18.7 Å². The van der Waals surface area contributed by atoms with Gasteiger partial charge >= 0.3 is 6.09 Å². The summed E-state index contributed by atoms with van der Waals surface area (Å²) < 4.78 is 22.4. The van der Waals surface area contributed by atoms with E-state index < -0.39 is 11.9 Å². The van der Waals surface area contributed by atoms with Crippen molar-refractivity contribution in [3.8, 4) is 11.3 Å². The molecule has 2 aromatic heterocycles. The lowest BCUT2D eigenvalue weighted by molar-refractivity contribution is 0.0671. The number of hydrogen-bond acceptors (Lipinski definition) is 5. The molecular formula is C30H28FN5O3. The zero-order chi connectivity index (χ0) is 26.7. The van der Waals surface area contributed by atoms with Crippen LogP contribution < -0.4 is 5.32 Å². The maximum Gasteiger partial charge on any atom is 0.411 e. The minimum atomic E-state index is -0.668. The largest absolute Gasteiger partial charge is 0.446 e. The molecule has 4 aromatic rings. The number of carbonyl (C=O) groups is 2. The number of halogens is 1. The summed E-state index contributed by atoms with van der Waals surface area (Å²) >= 11 is 0. The molecule has 9 heteroatoms. The molecule has 198 valence electrons. The van der Waals surface area contributed by atoms with Gasteiger partial charge in [0.2, 0.25) is 0 Å². The SMILES string of the molecule is C[C@@H]1c2ccccc2CCN1C(=O)c1cc(C2CC2)n2nc(-c3cccc(NC(=O)OC4CC4)c3F)cc2n1. The van der Waals surface area contributed by atoms with E-state index in [2.05, 4.69) is 29.5 Å². The number of carbonyl (C=O) groups excluding carboxylic acids is 2. The Balaban J connectivity index is 1.23. The average molecular weight is 526 g/mol. The van der Waals surface area contributed by atoms with Crippen LogP contribution in [0.4, 0.5) is 14.9 Å². The molecule has 2 fully saturated rings. The third-order valence-electron chi connectivity index (χ3n) is 7.83. The van der Waals surface area contributed by atoms with E-state index in [-0.39, 0.29) is 35.2 Å². The van der Waals surface area contributed by atoms with E-state index in [0.29, 0.717) is 23.6 Å². The second-order valence-corrected chi connectivity index (χ2v) is 10.7. The van der Waals surface area contributed by atoms with Gasteiger partial charge in [-0.1, -0.05) is 30.3 Å². The van der Waals surface area contributed by atoms with Gasteiger partial charge < -0.3 is 9.64 Å². The van der Waals surface area contributed by atoms with Crippen LogP contribution in [-0.2, 0) is 11.2 Å². The molecule has 2 aromatic carbocycles. The monoisotopic (exact) mass is 525 g/mol. The molecule has 39 heavy (non-hydrogen) atoms. The lowest BCUT2D eigenvalue weighted by atomic mass is 9.93. The molecule has 2 saturated carbocycles. The Morgan fingerprint density at radius 2 is 1.87 bits per heavy atom. The van der Waals surface area contributed by atoms with Gasteiger partial charge in [-0.15, -0.1) is 0 Å². The Bertz CT molecular complexity index is 1620. The predicted octanol–water partition coefficient (Wildman–Crippen LogP) is 5.88. The van der Waals surface area contributed by atoms with E-state index in [4.69, 9.17) is 9.72 Å². The lowest BCUT2D eigenvalue weighted by Gasteiger charge is -2.35. The molecular weight excluding hydrogens is 497 g/mol. The van der Waals surface area contributed by atoms with Crippen LogP contribution in [0.25, 0.3) is 16.9 Å². The fourth-order valence-electron chi connectivity index (χ4n) is 5.41. The van der Waals surface area contributed by atoms with Gasteiger partial charge in [-0.05, 0) is 68.4 Å². The van der Waals surface area contributed by atoms with Crippen LogP contribution in [0.3, 0.4) is 0 Å². The third-order valence-corrected chi connectivity index (χ3v) is 7.83. The quantitative estimate of drug-likeness (QED) is 0.351. The molecule has 3 heterocycles. The van der Waals surface area contributed by atoms with Gasteiger partial charge in [-0.2, -0.15) is 5.10 Å². The molecule has 0 bridgehead atoms. The molecule has 0 unspecified atom stereocenters. The zero-order valence-electron chi connectivity index (χ0n) is 21.6. The second-order valence-electron chi connectivity index (χ2n) is 10.7. The van der Waals surface area contributed by atoms with E-state index in [1.165, 1.54) is 11.6 Å². The molecule has 0 spiro atoms. The number of nitrogens with zero attached hydrogens (tertiary/aromatic N) is 4. The Morgan fingerprint density at radius 3 is 2.67 bits per heavy atom. The first-order chi connectivity index (χ1) is 19.0. The number of ether oxygens (including phenoxy) is 1. The second kappa shape index (κ2) is 9.18. The molecule has 2 aliphatic carbocycles.